The molecule has 0 unspecified atom stereocenters. The zero-order valence-corrected chi connectivity index (χ0v) is 14.1. The van der Waals surface area contributed by atoms with Gasteiger partial charge in [-0.15, -0.1) is 0 Å². The average Bonchev–Trinajstić information content (AvgIpc) is 2.61. The number of benzene rings is 1. The Morgan fingerprint density at radius 2 is 2.00 bits per heavy atom. The molecule has 0 aliphatic carbocycles. The topological polar surface area (TPSA) is 76.1 Å². The molecule has 0 aromatic heterocycles. The highest BCUT2D eigenvalue weighted by molar-refractivity contribution is 5.83. The maximum absolute atomic E-state index is 12.2. The Hall–Kier alpha value is -2.08. The van der Waals surface area contributed by atoms with E-state index in [0.717, 1.165) is 31.4 Å². The molecule has 6 nitrogen and oxygen atoms in total. The molecule has 1 aliphatic heterocycles. The number of unbranched alkanes of at least 4 members (excludes halogenated alkanes) is 2. The van der Waals surface area contributed by atoms with Crippen molar-refractivity contribution in [2.75, 3.05) is 26.9 Å². The van der Waals surface area contributed by atoms with Crippen molar-refractivity contribution in [2.45, 2.75) is 38.1 Å². The Morgan fingerprint density at radius 1 is 1.25 bits per heavy atom. The van der Waals surface area contributed by atoms with Crippen molar-refractivity contribution < 1.29 is 24.2 Å². The molecule has 1 aromatic rings. The van der Waals surface area contributed by atoms with E-state index < -0.39 is 12.0 Å². The number of rotatable bonds is 8. The van der Waals surface area contributed by atoms with Gasteiger partial charge in [0, 0.05) is 13.0 Å². The first-order valence-corrected chi connectivity index (χ1v) is 8.35. The summed E-state index contributed by atoms with van der Waals surface area (Å²) in [5.74, 6) is -0.236. The highest BCUT2D eigenvalue weighted by Gasteiger charge is 2.32. The van der Waals surface area contributed by atoms with Crippen molar-refractivity contribution in [3.63, 3.8) is 0 Å². The Bertz CT molecular complexity index is 543. The van der Waals surface area contributed by atoms with Crippen LogP contribution in [0.3, 0.4) is 0 Å². The Labute approximate surface area is 142 Å². The van der Waals surface area contributed by atoms with E-state index in [-0.39, 0.29) is 12.5 Å². The summed E-state index contributed by atoms with van der Waals surface area (Å²) in [6.45, 7) is 0.854. The predicted molar refractivity (Wildman–Crippen MR) is 89.1 cm³/mol. The smallest absolute Gasteiger partial charge is 0.328 e. The maximum atomic E-state index is 12.2. The van der Waals surface area contributed by atoms with Crippen LogP contribution in [0, 0.1) is 0 Å². The van der Waals surface area contributed by atoms with Crippen LogP contribution in [0.2, 0.25) is 0 Å². The van der Waals surface area contributed by atoms with Crippen LogP contribution in [0.1, 0.15) is 31.2 Å². The second-order valence-corrected chi connectivity index (χ2v) is 5.92. The molecule has 1 N–H and O–H groups in total. The van der Waals surface area contributed by atoms with E-state index in [9.17, 15) is 9.59 Å². The molecule has 0 saturated carbocycles. The van der Waals surface area contributed by atoms with E-state index in [1.165, 1.54) is 10.5 Å². The molecule has 132 valence electrons. The number of amides is 1. The van der Waals surface area contributed by atoms with E-state index in [2.05, 4.69) is 12.1 Å². The largest absolute Gasteiger partial charge is 0.497 e. The van der Waals surface area contributed by atoms with Crippen LogP contribution in [-0.4, -0.2) is 54.8 Å². The first kappa shape index (κ1) is 18.3. The molecule has 6 heteroatoms. The second-order valence-electron chi connectivity index (χ2n) is 5.92. The van der Waals surface area contributed by atoms with Crippen molar-refractivity contribution in [1.29, 1.82) is 0 Å². The summed E-state index contributed by atoms with van der Waals surface area (Å²) in [4.78, 5) is 24.8. The number of aryl methyl sites for hydroxylation is 1. The number of hydrogen-bond acceptors (Lipinski definition) is 4. The van der Waals surface area contributed by atoms with Gasteiger partial charge in [0.15, 0.2) is 6.04 Å². The molecule has 2 rings (SSSR count). The van der Waals surface area contributed by atoms with Crippen LogP contribution < -0.4 is 4.74 Å². The zero-order chi connectivity index (χ0) is 17.4. The van der Waals surface area contributed by atoms with Gasteiger partial charge in [0.05, 0.1) is 20.3 Å². The second kappa shape index (κ2) is 9.27. The number of carboxylic acids is 1. The molecule has 0 radical (unpaired) electrons. The number of ether oxygens (including phenoxy) is 2. The molecule has 1 atom stereocenters. The number of hydrogen-bond donors (Lipinski definition) is 1. The van der Waals surface area contributed by atoms with Gasteiger partial charge in [-0.1, -0.05) is 18.6 Å². The van der Waals surface area contributed by atoms with Crippen LogP contribution >= 0.6 is 0 Å². The van der Waals surface area contributed by atoms with Gasteiger partial charge in [0.2, 0.25) is 5.91 Å². The quantitative estimate of drug-likeness (QED) is 0.736. The van der Waals surface area contributed by atoms with E-state index in [0.29, 0.717) is 19.6 Å². The van der Waals surface area contributed by atoms with Gasteiger partial charge in [0.1, 0.15) is 5.75 Å². The summed E-state index contributed by atoms with van der Waals surface area (Å²) in [5, 5.41) is 9.15. The highest BCUT2D eigenvalue weighted by atomic mass is 16.5. The third kappa shape index (κ3) is 5.23. The summed E-state index contributed by atoms with van der Waals surface area (Å²) in [6.07, 6.45) is 4.09. The molecule has 1 amide bonds. The van der Waals surface area contributed by atoms with Crippen molar-refractivity contribution in [1.82, 2.24) is 4.90 Å². The van der Waals surface area contributed by atoms with Gasteiger partial charge < -0.3 is 19.5 Å². The highest BCUT2D eigenvalue weighted by Crippen LogP contribution is 2.15. The molecule has 0 spiro atoms. The molecule has 0 bridgehead atoms. The van der Waals surface area contributed by atoms with Gasteiger partial charge in [0.25, 0.3) is 0 Å². The number of nitrogens with zero attached hydrogens (tertiary/aromatic N) is 1. The molecular weight excluding hydrogens is 310 g/mol. The number of carbonyl (C=O) groups excluding carboxylic acids is 1. The fraction of sp³-hybridized carbons (Fsp3) is 0.556. The summed E-state index contributed by atoms with van der Waals surface area (Å²) in [6, 6.07) is 7.15. The first-order valence-electron chi connectivity index (χ1n) is 8.35. The minimum atomic E-state index is -0.998. The van der Waals surface area contributed by atoms with Crippen molar-refractivity contribution in [3.05, 3.63) is 29.8 Å². The van der Waals surface area contributed by atoms with E-state index in [4.69, 9.17) is 14.6 Å². The van der Waals surface area contributed by atoms with Gasteiger partial charge >= 0.3 is 5.97 Å². The third-order valence-corrected chi connectivity index (χ3v) is 4.25. The molecule has 24 heavy (non-hydrogen) atoms. The summed E-state index contributed by atoms with van der Waals surface area (Å²) >= 11 is 0. The number of morpholine rings is 1. The van der Waals surface area contributed by atoms with Gasteiger partial charge in [-0.3, -0.25) is 4.79 Å². The lowest BCUT2D eigenvalue weighted by atomic mass is 10.1. The Morgan fingerprint density at radius 3 is 2.67 bits per heavy atom. The fourth-order valence-corrected chi connectivity index (χ4v) is 2.82. The van der Waals surface area contributed by atoms with Crippen molar-refractivity contribution >= 4 is 11.9 Å². The van der Waals surface area contributed by atoms with Crippen LogP contribution in [-0.2, 0) is 20.7 Å². The molecule has 1 aromatic carbocycles. The van der Waals surface area contributed by atoms with E-state index >= 15 is 0 Å². The monoisotopic (exact) mass is 335 g/mol. The van der Waals surface area contributed by atoms with Crippen LogP contribution in [0.15, 0.2) is 24.3 Å². The van der Waals surface area contributed by atoms with Gasteiger partial charge in [-0.2, -0.15) is 0 Å². The zero-order valence-electron chi connectivity index (χ0n) is 14.1. The number of aliphatic carboxylic acids is 1. The molecular formula is C18H25NO5. The number of carbonyl (C=O) groups is 2. The van der Waals surface area contributed by atoms with Crippen molar-refractivity contribution in [2.24, 2.45) is 0 Å². The Balaban J connectivity index is 1.67. The SMILES string of the molecule is COc1ccc(CCCCCC(=O)N2CCOC[C@@H]2C(=O)O)cc1. The van der Waals surface area contributed by atoms with E-state index in [1.54, 1.807) is 7.11 Å². The van der Waals surface area contributed by atoms with Crippen molar-refractivity contribution in [3.8, 4) is 5.75 Å². The van der Waals surface area contributed by atoms with Crippen LogP contribution in [0.4, 0.5) is 0 Å². The minimum absolute atomic E-state index is 0.0819. The predicted octanol–water partition coefficient (Wildman–Crippen LogP) is 2.11. The number of methoxy groups -OCH3 is 1. The lowest BCUT2D eigenvalue weighted by Gasteiger charge is -2.32. The average molecular weight is 335 g/mol. The summed E-state index contributed by atoms with van der Waals surface area (Å²) < 4.78 is 10.3. The minimum Gasteiger partial charge on any atom is -0.497 e. The number of carboxylic acid groups (broad SMARTS) is 1. The standard InChI is InChI=1S/C18H25NO5/c1-23-15-9-7-14(8-10-15)5-3-2-4-6-17(20)19-11-12-24-13-16(19)18(21)22/h7-10,16H,2-6,11-13H2,1H3,(H,21,22)/t16-/m1/s1. The fourth-order valence-electron chi connectivity index (χ4n) is 2.82. The van der Waals surface area contributed by atoms with Crippen LogP contribution in [0.5, 0.6) is 5.75 Å². The first-order chi connectivity index (χ1) is 11.6. The van der Waals surface area contributed by atoms with Crippen LogP contribution in [0.25, 0.3) is 0 Å². The Kier molecular flexibility index (Phi) is 7.06. The third-order valence-electron chi connectivity index (χ3n) is 4.25. The molecule has 1 saturated heterocycles. The lowest BCUT2D eigenvalue weighted by molar-refractivity contribution is -0.158. The normalized spacial score (nSPS) is 17.5. The molecule has 1 aliphatic rings. The maximum Gasteiger partial charge on any atom is 0.328 e. The van der Waals surface area contributed by atoms with E-state index in [1.807, 2.05) is 12.1 Å². The van der Waals surface area contributed by atoms with Gasteiger partial charge in [-0.25, -0.2) is 4.79 Å². The summed E-state index contributed by atoms with van der Waals surface area (Å²) in [7, 11) is 1.65. The molecule has 1 fully saturated rings. The summed E-state index contributed by atoms with van der Waals surface area (Å²) in [5.41, 5.74) is 1.25. The molecule has 1 heterocycles. The van der Waals surface area contributed by atoms with Gasteiger partial charge in [-0.05, 0) is 37.0 Å². The lowest BCUT2D eigenvalue weighted by Crippen LogP contribution is -2.52.